The van der Waals surface area contributed by atoms with Crippen molar-refractivity contribution in [2.24, 2.45) is 0 Å². The average molecular weight is 404 g/mol. The topological polar surface area (TPSA) is 74.5 Å². The van der Waals surface area contributed by atoms with Crippen LogP contribution in [0.5, 0.6) is 0 Å². The Morgan fingerprint density at radius 1 is 0.742 bits per heavy atom. The number of hydrogen-bond donors (Lipinski definition) is 0. The summed E-state index contributed by atoms with van der Waals surface area (Å²) in [6, 6.07) is 28.8. The molecule has 0 fully saturated rings. The maximum Gasteiger partial charge on any atom is 0.329 e. The van der Waals surface area contributed by atoms with Gasteiger partial charge in [-0.15, -0.1) is 0 Å². The molecule has 0 bridgehead atoms. The van der Waals surface area contributed by atoms with Crippen molar-refractivity contribution in [3.05, 3.63) is 117 Å². The molecule has 0 saturated carbocycles. The molecule has 1 heterocycles. The number of imidazole rings is 1. The van der Waals surface area contributed by atoms with Gasteiger partial charge in [-0.05, 0) is 42.3 Å². The summed E-state index contributed by atoms with van der Waals surface area (Å²) in [5.41, 5.74) is 5.46. The van der Waals surface area contributed by atoms with E-state index in [0.717, 1.165) is 28.1 Å². The fourth-order valence-corrected chi connectivity index (χ4v) is 3.85. The van der Waals surface area contributed by atoms with Crippen molar-refractivity contribution in [3.63, 3.8) is 0 Å². The fourth-order valence-electron chi connectivity index (χ4n) is 3.85. The second kappa shape index (κ2) is 8.57. The highest BCUT2D eigenvalue weighted by Crippen LogP contribution is 2.24. The second-order valence-corrected chi connectivity index (χ2v) is 7.38. The maximum atomic E-state index is 13.5. The molecular formula is C26H20N4O. The third-order valence-corrected chi connectivity index (χ3v) is 5.32. The number of rotatable bonds is 5. The SMILES string of the molecule is Cc1c(-c2ccccc2)n(Cc2cccc(C#N)c2)c(=O)n1Cc1cccc(C#N)c1. The molecule has 0 aliphatic heterocycles. The van der Waals surface area contributed by atoms with E-state index in [-0.39, 0.29) is 5.69 Å². The van der Waals surface area contributed by atoms with Crippen molar-refractivity contribution in [1.29, 1.82) is 10.5 Å². The van der Waals surface area contributed by atoms with Gasteiger partial charge >= 0.3 is 5.69 Å². The van der Waals surface area contributed by atoms with Gasteiger partial charge in [0.15, 0.2) is 0 Å². The number of nitriles is 2. The fraction of sp³-hybridized carbons (Fsp3) is 0.115. The quantitative estimate of drug-likeness (QED) is 0.493. The molecule has 0 unspecified atom stereocenters. The number of aromatic nitrogens is 2. The summed E-state index contributed by atoms with van der Waals surface area (Å²) in [6.45, 7) is 2.69. The van der Waals surface area contributed by atoms with E-state index in [2.05, 4.69) is 12.1 Å². The average Bonchev–Trinajstić information content (AvgIpc) is 3.04. The van der Waals surface area contributed by atoms with Crippen LogP contribution in [0.15, 0.2) is 83.7 Å². The molecule has 0 amide bonds. The lowest BCUT2D eigenvalue weighted by Crippen LogP contribution is -2.26. The van der Waals surface area contributed by atoms with E-state index in [1.54, 1.807) is 21.3 Å². The van der Waals surface area contributed by atoms with E-state index in [1.165, 1.54) is 0 Å². The van der Waals surface area contributed by atoms with Crippen molar-refractivity contribution in [2.45, 2.75) is 20.0 Å². The van der Waals surface area contributed by atoms with Crippen LogP contribution in [0.25, 0.3) is 11.3 Å². The minimum absolute atomic E-state index is 0.124. The molecule has 4 aromatic rings. The van der Waals surface area contributed by atoms with Gasteiger partial charge in [-0.1, -0.05) is 54.6 Å². The highest BCUT2D eigenvalue weighted by atomic mass is 16.1. The lowest BCUT2D eigenvalue weighted by atomic mass is 10.1. The summed E-state index contributed by atoms with van der Waals surface area (Å²) < 4.78 is 3.50. The molecule has 0 N–H and O–H groups in total. The Hall–Kier alpha value is -4.35. The summed E-state index contributed by atoms with van der Waals surface area (Å²) in [5.74, 6) is 0. The summed E-state index contributed by atoms with van der Waals surface area (Å²) in [6.07, 6.45) is 0. The largest absolute Gasteiger partial charge is 0.329 e. The van der Waals surface area contributed by atoms with E-state index in [0.29, 0.717) is 24.2 Å². The molecule has 0 atom stereocenters. The molecule has 4 rings (SSSR count). The first-order chi connectivity index (χ1) is 15.1. The van der Waals surface area contributed by atoms with Gasteiger partial charge in [-0.25, -0.2) is 4.79 Å². The predicted octanol–water partition coefficient (Wildman–Crippen LogP) is 4.47. The monoisotopic (exact) mass is 404 g/mol. The van der Waals surface area contributed by atoms with E-state index in [1.807, 2.05) is 73.7 Å². The second-order valence-electron chi connectivity index (χ2n) is 7.38. The Labute approximate surface area is 180 Å². The smallest absolute Gasteiger partial charge is 0.292 e. The first-order valence-electron chi connectivity index (χ1n) is 9.94. The minimum Gasteiger partial charge on any atom is -0.292 e. The van der Waals surface area contributed by atoms with Gasteiger partial charge in [0.1, 0.15) is 0 Å². The van der Waals surface area contributed by atoms with Gasteiger partial charge in [-0.2, -0.15) is 10.5 Å². The lowest BCUT2D eigenvalue weighted by Gasteiger charge is -2.09. The van der Waals surface area contributed by atoms with E-state index < -0.39 is 0 Å². The Balaban J connectivity index is 1.84. The summed E-state index contributed by atoms with van der Waals surface area (Å²) in [4.78, 5) is 13.5. The van der Waals surface area contributed by atoms with E-state index >= 15 is 0 Å². The van der Waals surface area contributed by atoms with Crippen LogP contribution in [0.1, 0.15) is 27.9 Å². The first-order valence-corrected chi connectivity index (χ1v) is 9.94. The van der Waals surface area contributed by atoms with Gasteiger partial charge < -0.3 is 0 Å². The molecule has 3 aromatic carbocycles. The molecule has 0 aliphatic carbocycles. The van der Waals surface area contributed by atoms with Crippen molar-refractivity contribution >= 4 is 0 Å². The zero-order chi connectivity index (χ0) is 21.8. The van der Waals surface area contributed by atoms with Crippen LogP contribution in [-0.4, -0.2) is 9.13 Å². The number of hydrogen-bond acceptors (Lipinski definition) is 3. The molecule has 0 aliphatic rings. The molecule has 31 heavy (non-hydrogen) atoms. The molecule has 1 aromatic heterocycles. The molecule has 0 saturated heterocycles. The summed E-state index contributed by atoms with van der Waals surface area (Å²) >= 11 is 0. The van der Waals surface area contributed by atoms with Crippen molar-refractivity contribution in [2.75, 3.05) is 0 Å². The highest BCUT2D eigenvalue weighted by molar-refractivity contribution is 5.62. The van der Waals surface area contributed by atoms with E-state index in [4.69, 9.17) is 0 Å². The van der Waals surface area contributed by atoms with Crippen LogP contribution in [0.4, 0.5) is 0 Å². The van der Waals surface area contributed by atoms with Crippen LogP contribution >= 0.6 is 0 Å². The Morgan fingerprint density at radius 2 is 1.29 bits per heavy atom. The molecule has 0 radical (unpaired) electrons. The van der Waals surface area contributed by atoms with Gasteiger partial charge in [0.05, 0.1) is 42.0 Å². The van der Waals surface area contributed by atoms with Crippen LogP contribution in [0.3, 0.4) is 0 Å². The van der Waals surface area contributed by atoms with Gasteiger partial charge in [0, 0.05) is 11.3 Å². The molecule has 5 heteroatoms. The summed E-state index contributed by atoms with van der Waals surface area (Å²) in [7, 11) is 0. The predicted molar refractivity (Wildman–Crippen MR) is 119 cm³/mol. The van der Waals surface area contributed by atoms with Crippen LogP contribution in [0, 0.1) is 29.6 Å². The normalized spacial score (nSPS) is 10.4. The third-order valence-electron chi connectivity index (χ3n) is 5.32. The Bertz CT molecular complexity index is 1380. The number of nitrogens with zero attached hydrogens (tertiary/aromatic N) is 4. The van der Waals surface area contributed by atoms with Crippen molar-refractivity contribution in [1.82, 2.24) is 9.13 Å². The van der Waals surface area contributed by atoms with Crippen LogP contribution in [0.2, 0.25) is 0 Å². The highest BCUT2D eigenvalue weighted by Gasteiger charge is 2.19. The number of benzene rings is 3. The standard InChI is InChI=1S/C26H20N4O/c1-19-25(24-11-3-2-4-12-24)30(18-23-10-6-8-21(14-23)16-28)26(31)29(19)17-22-9-5-7-20(13-22)15-27/h2-14H,17-18H2,1H3. The zero-order valence-electron chi connectivity index (χ0n) is 17.1. The van der Waals surface area contributed by atoms with E-state index in [9.17, 15) is 15.3 Å². The van der Waals surface area contributed by atoms with Crippen LogP contribution in [-0.2, 0) is 13.1 Å². The molecule has 0 spiro atoms. The Morgan fingerprint density at radius 3 is 1.84 bits per heavy atom. The summed E-state index contributed by atoms with van der Waals surface area (Å²) in [5, 5.41) is 18.4. The molecule has 150 valence electrons. The molecular weight excluding hydrogens is 384 g/mol. The zero-order valence-corrected chi connectivity index (χ0v) is 17.1. The third kappa shape index (κ3) is 4.03. The van der Waals surface area contributed by atoms with Gasteiger partial charge in [0.2, 0.25) is 0 Å². The van der Waals surface area contributed by atoms with Gasteiger partial charge in [-0.3, -0.25) is 9.13 Å². The minimum atomic E-state index is -0.124. The van der Waals surface area contributed by atoms with Crippen molar-refractivity contribution in [3.8, 4) is 23.4 Å². The van der Waals surface area contributed by atoms with Crippen molar-refractivity contribution < 1.29 is 0 Å². The molecule has 5 nitrogen and oxygen atoms in total. The lowest BCUT2D eigenvalue weighted by molar-refractivity contribution is 0.678. The van der Waals surface area contributed by atoms with Gasteiger partial charge in [0.25, 0.3) is 0 Å². The van der Waals surface area contributed by atoms with Crippen LogP contribution < -0.4 is 5.69 Å². The maximum absolute atomic E-state index is 13.5. The first kappa shape index (κ1) is 19.9. The Kier molecular flexibility index (Phi) is 5.51.